The molecule has 8 nitrogen and oxygen atoms in total. The second-order valence-corrected chi connectivity index (χ2v) is 8.85. The first-order chi connectivity index (χ1) is 14.1. The molecule has 0 atom stereocenters. The lowest BCUT2D eigenvalue weighted by atomic mass is 9.96. The van der Waals surface area contributed by atoms with E-state index in [1.54, 1.807) is 52.0 Å². The average Bonchev–Trinajstić information content (AvgIpc) is 2.97. The van der Waals surface area contributed by atoms with Crippen LogP contribution in [0.25, 0.3) is 11.0 Å². The van der Waals surface area contributed by atoms with Crippen molar-refractivity contribution in [3.63, 3.8) is 0 Å². The number of benzene rings is 1. The number of nitrogens with one attached hydrogen (secondary N) is 3. The number of aromatic nitrogens is 3. The molecule has 0 fully saturated rings. The molecule has 30 heavy (non-hydrogen) atoms. The van der Waals surface area contributed by atoms with Gasteiger partial charge < -0.3 is 14.7 Å². The molecule has 9 heteroatoms. The molecule has 0 bridgehead atoms. The Morgan fingerprint density at radius 3 is 2.43 bits per heavy atom. The molecule has 0 spiro atoms. The van der Waals surface area contributed by atoms with Crippen molar-refractivity contribution >= 4 is 40.6 Å². The molecule has 3 aromatic rings. The van der Waals surface area contributed by atoms with Crippen LogP contribution in [0.4, 0.5) is 5.95 Å². The smallest absolute Gasteiger partial charge is 0.338 e. The highest BCUT2D eigenvalue weighted by Gasteiger charge is 2.23. The molecule has 2 aromatic heterocycles. The van der Waals surface area contributed by atoms with Crippen molar-refractivity contribution in [1.82, 2.24) is 15.0 Å². The molecular formula is C21H24N4O4S. The standard InChI is InChI=1S/C21H24N4O4S/c1-6-29-18(27)12-7-9-13(10-8-12)30-15-11(2)22-16-14(15)17(26)24-20(23-16)25-19(28)21(3,4)5/h7-10H,6H2,1-5H3,(H3,22,23,24,25,26,28). The minimum atomic E-state index is -0.615. The summed E-state index contributed by atoms with van der Waals surface area (Å²) in [5, 5.41) is 3.06. The maximum Gasteiger partial charge on any atom is 0.338 e. The molecule has 1 amide bonds. The molecule has 3 rings (SSSR count). The van der Waals surface area contributed by atoms with Crippen LogP contribution in [0.1, 0.15) is 43.7 Å². The van der Waals surface area contributed by atoms with Gasteiger partial charge in [0.05, 0.1) is 17.6 Å². The zero-order chi connectivity index (χ0) is 22.1. The van der Waals surface area contributed by atoms with E-state index in [1.807, 2.05) is 6.92 Å². The monoisotopic (exact) mass is 428 g/mol. The number of hydrogen-bond donors (Lipinski definition) is 3. The molecule has 0 saturated carbocycles. The topological polar surface area (TPSA) is 117 Å². The maximum atomic E-state index is 12.7. The van der Waals surface area contributed by atoms with Gasteiger partial charge >= 0.3 is 5.97 Å². The van der Waals surface area contributed by atoms with Crippen molar-refractivity contribution in [2.75, 3.05) is 11.9 Å². The van der Waals surface area contributed by atoms with Crippen LogP contribution in [0.5, 0.6) is 0 Å². The van der Waals surface area contributed by atoms with Gasteiger partial charge in [-0.25, -0.2) is 4.79 Å². The number of carbonyl (C=O) groups excluding carboxylic acids is 2. The number of aryl methyl sites for hydroxylation is 1. The third kappa shape index (κ3) is 4.56. The van der Waals surface area contributed by atoms with E-state index in [4.69, 9.17) is 4.74 Å². The van der Waals surface area contributed by atoms with Gasteiger partial charge in [-0.05, 0) is 38.1 Å². The predicted octanol–water partition coefficient (Wildman–Crippen LogP) is 3.87. The lowest BCUT2D eigenvalue weighted by Crippen LogP contribution is -2.29. The van der Waals surface area contributed by atoms with Crippen LogP contribution >= 0.6 is 11.8 Å². The third-order valence-electron chi connectivity index (χ3n) is 4.30. The molecule has 0 aliphatic carbocycles. The van der Waals surface area contributed by atoms with Crippen LogP contribution in [0.2, 0.25) is 0 Å². The highest BCUT2D eigenvalue weighted by Crippen LogP contribution is 2.34. The fourth-order valence-electron chi connectivity index (χ4n) is 2.68. The van der Waals surface area contributed by atoms with E-state index in [0.29, 0.717) is 23.2 Å². The lowest BCUT2D eigenvalue weighted by Gasteiger charge is -2.16. The average molecular weight is 429 g/mol. The number of H-pyrrole nitrogens is 2. The first-order valence-electron chi connectivity index (χ1n) is 9.49. The minimum absolute atomic E-state index is 0.101. The van der Waals surface area contributed by atoms with E-state index >= 15 is 0 Å². The summed E-state index contributed by atoms with van der Waals surface area (Å²) >= 11 is 1.39. The number of ether oxygens (including phenoxy) is 1. The first-order valence-corrected chi connectivity index (χ1v) is 10.3. The predicted molar refractivity (Wildman–Crippen MR) is 116 cm³/mol. The largest absolute Gasteiger partial charge is 0.462 e. The number of rotatable bonds is 5. The van der Waals surface area contributed by atoms with Gasteiger partial charge in [0.2, 0.25) is 11.9 Å². The van der Waals surface area contributed by atoms with Crippen LogP contribution in [0.15, 0.2) is 38.9 Å². The van der Waals surface area contributed by atoms with Crippen LogP contribution in [0, 0.1) is 12.3 Å². The van der Waals surface area contributed by atoms with Crippen LogP contribution < -0.4 is 10.9 Å². The highest BCUT2D eigenvalue weighted by atomic mass is 32.2. The summed E-state index contributed by atoms with van der Waals surface area (Å²) < 4.78 is 4.99. The zero-order valence-electron chi connectivity index (χ0n) is 17.5. The SMILES string of the molecule is CCOC(=O)c1ccc(Sc2c(C)[nH]c3[nH]c(NC(=O)C(C)(C)C)nc(=O)c23)cc1. The minimum Gasteiger partial charge on any atom is -0.462 e. The van der Waals surface area contributed by atoms with Crippen LogP contribution in [0.3, 0.4) is 0 Å². The molecule has 0 aliphatic rings. The van der Waals surface area contributed by atoms with Gasteiger partial charge in [-0.3, -0.25) is 14.9 Å². The van der Waals surface area contributed by atoms with E-state index < -0.39 is 11.0 Å². The van der Waals surface area contributed by atoms with Gasteiger partial charge in [-0.1, -0.05) is 32.5 Å². The van der Waals surface area contributed by atoms with Crippen molar-refractivity contribution in [2.24, 2.45) is 5.41 Å². The summed E-state index contributed by atoms with van der Waals surface area (Å²) in [6, 6.07) is 6.98. The highest BCUT2D eigenvalue weighted by molar-refractivity contribution is 7.99. The van der Waals surface area contributed by atoms with Gasteiger partial charge in [0.25, 0.3) is 5.56 Å². The molecule has 158 valence electrons. The molecule has 0 aliphatic heterocycles. The third-order valence-corrected chi connectivity index (χ3v) is 5.52. The summed E-state index contributed by atoms with van der Waals surface area (Å²) in [6.45, 7) is 9.26. The normalized spacial score (nSPS) is 11.5. The van der Waals surface area contributed by atoms with Crippen molar-refractivity contribution in [3.05, 3.63) is 45.9 Å². The van der Waals surface area contributed by atoms with E-state index in [0.717, 1.165) is 15.5 Å². The van der Waals surface area contributed by atoms with E-state index in [1.165, 1.54) is 11.8 Å². The molecule has 3 N–H and O–H groups in total. The first kappa shape index (κ1) is 21.6. The Hall–Kier alpha value is -3.07. The second-order valence-electron chi connectivity index (χ2n) is 7.77. The maximum absolute atomic E-state index is 12.7. The van der Waals surface area contributed by atoms with Crippen LogP contribution in [-0.4, -0.2) is 33.4 Å². The summed E-state index contributed by atoms with van der Waals surface area (Å²) in [6.07, 6.45) is 0. The number of amides is 1. The Kier molecular flexibility index (Phi) is 6.02. The fraction of sp³-hybridized carbons (Fsp3) is 0.333. The number of fused-ring (bicyclic) bond motifs is 1. The number of hydrogen-bond acceptors (Lipinski definition) is 6. The van der Waals surface area contributed by atoms with Crippen molar-refractivity contribution in [3.8, 4) is 0 Å². The van der Waals surface area contributed by atoms with E-state index in [9.17, 15) is 14.4 Å². The Balaban J connectivity index is 1.90. The lowest BCUT2D eigenvalue weighted by molar-refractivity contribution is -0.123. The van der Waals surface area contributed by atoms with Crippen LogP contribution in [-0.2, 0) is 9.53 Å². The van der Waals surface area contributed by atoms with Gasteiger partial charge in [-0.2, -0.15) is 4.98 Å². The van der Waals surface area contributed by atoms with Crippen molar-refractivity contribution in [1.29, 1.82) is 0 Å². The molecular weight excluding hydrogens is 404 g/mol. The van der Waals surface area contributed by atoms with Gasteiger partial charge in [-0.15, -0.1) is 0 Å². The summed E-state index contributed by atoms with van der Waals surface area (Å²) in [5.74, 6) is -0.517. The molecule has 0 radical (unpaired) electrons. The summed E-state index contributed by atoms with van der Waals surface area (Å²) in [4.78, 5) is 48.4. The van der Waals surface area contributed by atoms with E-state index in [2.05, 4.69) is 20.3 Å². The molecule has 2 heterocycles. The van der Waals surface area contributed by atoms with Crippen molar-refractivity contribution in [2.45, 2.75) is 44.4 Å². The van der Waals surface area contributed by atoms with Gasteiger partial charge in [0.1, 0.15) is 5.65 Å². The number of anilines is 1. The second kappa shape index (κ2) is 8.35. The zero-order valence-corrected chi connectivity index (χ0v) is 18.3. The number of esters is 1. The van der Waals surface area contributed by atoms with Gasteiger partial charge in [0, 0.05) is 20.9 Å². The number of carbonyl (C=O) groups is 2. The van der Waals surface area contributed by atoms with E-state index in [-0.39, 0.29) is 17.8 Å². The molecule has 0 saturated heterocycles. The fourth-order valence-corrected chi connectivity index (χ4v) is 3.69. The molecule has 0 unspecified atom stereocenters. The van der Waals surface area contributed by atoms with Crippen molar-refractivity contribution < 1.29 is 14.3 Å². The summed E-state index contributed by atoms with van der Waals surface area (Å²) in [7, 11) is 0. The summed E-state index contributed by atoms with van der Waals surface area (Å²) in [5.41, 5.74) is 0.690. The molecule has 1 aromatic carbocycles. The Labute approximate surface area is 177 Å². The quantitative estimate of drug-likeness (QED) is 0.531. The Morgan fingerprint density at radius 2 is 1.83 bits per heavy atom. The Bertz CT molecular complexity index is 1160. The van der Waals surface area contributed by atoms with Gasteiger partial charge in [0.15, 0.2) is 0 Å². The Morgan fingerprint density at radius 1 is 1.17 bits per heavy atom. The number of aromatic amines is 2. The number of nitrogens with zero attached hydrogens (tertiary/aromatic N) is 1.